The lowest BCUT2D eigenvalue weighted by Crippen LogP contribution is -2.25. The molecule has 0 saturated carbocycles. The molecule has 0 saturated heterocycles. The molecule has 1 aromatic heterocycles. The van der Waals surface area contributed by atoms with Gasteiger partial charge < -0.3 is 0 Å². The maximum Gasteiger partial charge on any atom is 0.216 e. The number of nitrogens with zero attached hydrogens (tertiary/aromatic N) is 2. The summed E-state index contributed by atoms with van der Waals surface area (Å²) in [6.45, 7) is 4.49. The zero-order chi connectivity index (χ0) is 21.8. The summed E-state index contributed by atoms with van der Waals surface area (Å²) in [6, 6.07) is 25.5. The summed E-state index contributed by atoms with van der Waals surface area (Å²) in [5, 5.41) is 6.68. The first-order valence-electron chi connectivity index (χ1n) is 10.5. The van der Waals surface area contributed by atoms with Crippen LogP contribution >= 0.6 is 0 Å². The van der Waals surface area contributed by atoms with Gasteiger partial charge in [-0.05, 0) is 46.9 Å². The highest BCUT2D eigenvalue weighted by Crippen LogP contribution is 2.21. The summed E-state index contributed by atoms with van der Waals surface area (Å²) in [5.74, 6) is 0.405. The minimum absolute atomic E-state index is 0.0629. The average molecular weight is 434 g/mol. The zero-order valence-corrected chi connectivity index (χ0v) is 18.6. The second-order valence-corrected chi connectivity index (χ2v) is 10.00. The predicted molar refractivity (Wildman–Crippen MR) is 126 cm³/mol. The molecule has 6 heteroatoms. The SMILES string of the molecule is CC(C)Cc1cc(CNS(=O)(=O)Cc2cccc3ccccc23)nn1-c1ccccc1. The minimum atomic E-state index is -3.51. The first-order valence-corrected chi connectivity index (χ1v) is 12.1. The molecule has 0 amide bonds. The molecule has 0 aliphatic rings. The number of sulfonamides is 1. The summed E-state index contributed by atoms with van der Waals surface area (Å²) >= 11 is 0. The van der Waals surface area contributed by atoms with E-state index in [2.05, 4.69) is 23.7 Å². The van der Waals surface area contributed by atoms with Crippen LogP contribution in [-0.4, -0.2) is 18.2 Å². The lowest BCUT2D eigenvalue weighted by Gasteiger charge is -2.09. The fourth-order valence-corrected chi connectivity index (χ4v) is 4.91. The maximum absolute atomic E-state index is 12.8. The van der Waals surface area contributed by atoms with E-state index in [1.807, 2.05) is 83.5 Å². The van der Waals surface area contributed by atoms with Crippen molar-refractivity contribution in [3.63, 3.8) is 0 Å². The predicted octanol–water partition coefficient (Wildman–Crippen LogP) is 4.84. The van der Waals surface area contributed by atoms with E-state index in [0.29, 0.717) is 11.6 Å². The van der Waals surface area contributed by atoms with Crippen LogP contribution in [-0.2, 0) is 28.7 Å². The van der Waals surface area contributed by atoms with Crippen molar-refractivity contribution in [2.75, 3.05) is 0 Å². The van der Waals surface area contributed by atoms with Crippen molar-refractivity contribution in [1.82, 2.24) is 14.5 Å². The summed E-state index contributed by atoms with van der Waals surface area (Å²) < 4.78 is 30.3. The highest BCUT2D eigenvalue weighted by molar-refractivity contribution is 7.88. The van der Waals surface area contributed by atoms with Crippen LogP contribution in [0.3, 0.4) is 0 Å². The standard InChI is InChI=1S/C25H27N3O2S/c1-19(2)15-24-16-22(27-28(24)23-12-4-3-5-13-23)17-26-31(29,30)18-21-11-8-10-20-9-6-7-14-25(20)21/h3-14,16,19,26H,15,17-18H2,1-2H3. The molecule has 31 heavy (non-hydrogen) atoms. The van der Waals surface area contributed by atoms with E-state index in [1.54, 1.807) is 0 Å². The Morgan fingerprint density at radius 1 is 0.935 bits per heavy atom. The van der Waals surface area contributed by atoms with Gasteiger partial charge in [0.25, 0.3) is 0 Å². The quantitative estimate of drug-likeness (QED) is 0.432. The van der Waals surface area contributed by atoms with Crippen molar-refractivity contribution in [1.29, 1.82) is 0 Å². The van der Waals surface area contributed by atoms with E-state index in [-0.39, 0.29) is 12.3 Å². The van der Waals surface area contributed by atoms with E-state index < -0.39 is 10.0 Å². The summed E-state index contributed by atoms with van der Waals surface area (Å²) in [6.07, 6.45) is 0.866. The fraction of sp³-hybridized carbons (Fsp3) is 0.240. The van der Waals surface area contributed by atoms with E-state index in [0.717, 1.165) is 34.1 Å². The summed E-state index contributed by atoms with van der Waals surface area (Å²) in [4.78, 5) is 0. The van der Waals surface area contributed by atoms with Crippen molar-refractivity contribution < 1.29 is 8.42 Å². The third-order valence-electron chi connectivity index (χ3n) is 5.15. The Morgan fingerprint density at radius 2 is 1.65 bits per heavy atom. The van der Waals surface area contributed by atoms with E-state index in [9.17, 15) is 8.42 Å². The van der Waals surface area contributed by atoms with Crippen LogP contribution in [0.25, 0.3) is 16.5 Å². The molecular formula is C25H27N3O2S. The van der Waals surface area contributed by atoms with Crippen LogP contribution < -0.4 is 4.72 Å². The molecule has 1 heterocycles. The summed E-state index contributed by atoms with van der Waals surface area (Å²) in [7, 11) is -3.51. The van der Waals surface area contributed by atoms with Crippen LogP contribution in [0.1, 0.15) is 30.8 Å². The van der Waals surface area contributed by atoms with E-state index >= 15 is 0 Å². The number of benzene rings is 3. The maximum atomic E-state index is 12.8. The number of hydrogen-bond acceptors (Lipinski definition) is 3. The molecule has 0 aliphatic carbocycles. The second kappa shape index (κ2) is 9.04. The lowest BCUT2D eigenvalue weighted by atomic mass is 10.1. The Balaban J connectivity index is 1.53. The van der Waals surface area contributed by atoms with Gasteiger partial charge in [-0.2, -0.15) is 5.10 Å². The molecule has 1 N–H and O–H groups in total. The smallest absolute Gasteiger partial charge is 0.216 e. The van der Waals surface area contributed by atoms with Crippen LogP contribution in [0, 0.1) is 5.92 Å². The topological polar surface area (TPSA) is 64.0 Å². The highest BCUT2D eigenvalue weighted by Gasteiger charge is 2.16. The molecule has 160 valence electrons. The minimum Gasteiger partial charge on any atom is -0.238 e. The zero-order valence-electron chi connectivity index (χ0n) is 17.8. The molecule has 0 atom stereocenters. The third kappa shape index (κ3) is 5.21. The Bertz CT molecular complexity index is 1270. The van der Waals surface area contributed by atoms with Crippen molar-refractivity contribution >= 4 is 20.8 Å². The van der Waals surface area contributed by atoms with Gasteiger partial charge in [0.05, 0.1) is 23.7 Å². The van der Waals surface area contributed by atoms with Crippen LogP contribution in [0.5, 0.6) is 0 Å². The van der Waals surface area contributed by atoms with E-state index in [1.165, 1.54) is 0 Å². The van der Waals surface area contributed by atoms with Gasteiger partial charge in [-0.15, -0.1) is 0 Å². The van der Waals surface area contributed by atoms with Gasteiger partial charge in [-0.1, -0.05) is 74.5 Å². The fourth-order valence-electron chi connectivity index (χ4n) is 3.78. The van der Waals surface area contributed by atoms with Gasteiger partial charge >= 0.3 is 0 Å². The van der Waals surface area contributed by atoms with E-state index in [4.69, 9.17) is 0 Å². The molecule has 0 aliphatic heterocycles. The Labute approximate surface area is 183 Å². The molecule has 0 spiro atoms. The molecule has 0 unspecified atom stereocenters. The van der Waals surface area contributed by atoms with Crippen molar-refractivity contribution in [2.45, 2.75) is 32.6 Å². The lowest BCUT2D eigenvalue weighted by molar-refractivity contribution is 0.579. The van der Waals surface area contributed by atoms with Gasteiger partial charge in [0.1, 0.15) is 0 Å². The first-order chi connectivity index (χ1) is 14.9. The van der Waals surface area contributed by atoms with Gasteiger partial charge in [-0.3, -0.25) is 0 Å². The van der Waals surface area contributed by atoms with Gasteiger partial charge in [-0.25, -0.2) is 17.8 Å². The normalized spacial score (nSPS) is 12.0. The Kier molecular flexibility index (Phi) is 6.20. The second-order valence-electron chi connectivity index (χ2n) is 8.19. The molecule has 3 aromatic carbocycles. The number of hydrogen-bond donors (Lipinski definition) is 1. The highest BCUT2D eigenvalue weighted by atomic mass is 32.2. The van der Waals surface area contributed by atoms with Crippen LogP contribution in [0.4, 0.5) is 0 Å². The molecule has 0 bridgehead atoms. The van der Waals surface area contributed by atoms with Crippen molar-refractivity contribution in [3.8, 4) is 5.69 Å². The van der Waals surface area contributed by atoms with Gasteiger partial charge in [0.2, 0.25) is 10.0 Å². The molecule has 0 radical (unpaired) electrons. The number of nitrogens with one attached hydrogen (secondary N) is 1. The van der Waals surface area contributed by atoms with Crippen molar-refractivity contribution in [3.05, 3.63) is 95.8 Å². The van der Waals surface area contributed by atoms with Crippen LogP contribution in [0.15, 0.2) is 78.9 Å². The monoisotopic (exact) mass is 433 g/mol. The molecular weight excluding hydrogens is 406 g/mol. The first kappa shape index (κ1) is 21.3. The van der Waals surface area contributed by atoms with Gasteiger partial charge in [0, 0.05) is 5.69 Å². The molecule has 4 rings (SSSR count). The third-order valence-corrected chi connectivity index (χ3v) is 6.43. The van der Waals surface area contributed by atoms with Crippen molar-refractivity contribution in [2.24, 2.45) is 5.92 Å². The Hall–Kier alpha value is -2.96. The molecule has 5 nitrogen and oxygen atoms in total. The Morgan fingerprint density at radius 3 is 2.42 bits per heavy atom. The number of aromatic nitrogens is 2. The summed E-state index contributed by atoms with van der Waals surface area (Å²) in [5.41, 5.74) is 3.55. The average Bonchev–Trinajstić information content (AvgIpc) is 3.15. The molecule has 0 fully saturated rings. The molecule has 4 aromatic rings. The van der Waals surface area contributed by atoms with Crippen LogP contribution in [0.2, 0.25) is 0 Å². The number of para-hydroxylation sites is 1. The number of fused-ring (bicyclic) bond motifs is 1. The largest absolute Gasteiger partial charge is 0.238 e. The number of rotatable bonds is 8. The van der Waals surface area contributed by atoms with Gasteiger partial charge in [0.15, 0.2) is 0 Å².